The average molecular weight is 404 g/mol. The molecule has 3 aromatic heterocycles. The summed E-state index contributed by atoms with van der Waals surface area (Å²) in [5.74, 6) is 0.995. The molecule has 0 fully saturated rings. The van der Waals surface area contributed by atoms with Crippen LogP contribution in [0.3, 0.4) is 0 Å². The molecule has 4 heterocycles. The number of ether oxygens (including phenoxy) is 1. The van der Waals surface area contributed by atoms with Gasteiger partial charge in [-0.3, -0.25) is 4.99 Å². The lowest BCUT2D eigenvalue weighted by Crippen LogP contribution is -2.20. The summed E-state index contributed by atoms with van der Waals surface area (Å²) >= 11 is 0. The van der Waals surface area contributed by atoms with Gasteiger partial charge in [0, 0.05) is 17.8 Å². The Hall–Kier alpha value is -4.08. The van der Waals surface area contributed by atoms with E-state index in [2.05, 4.69) is 35.7 Å². The number of hydrogen-bond acceptors (Lipinski definition) is 8. The van der Waals surface area contributed by atoms with Gasteiger partial charge in [0.25, 0.3) is 0 Å². The molecule has 10 heteroatoms. The SMILES string of the molecule is Cc1c(Oc2ccn3ncnc3c2)ccc(Nc2ncnc3c2NC(C)N=C3)c1F. The van der Waals surface area contributed by atoms with Crippen LogP contribution in [0.4, 0.5) is 21.6 Å². The van der Waals surface area contributed by atoms with Crippen LogP contribution in [0.15, 0.2) is 48.1 Å². The van der Waals surface area contributed by atoms with Crippen LogP contribution in [0.2, 0.25) is 0 Å². The van der Waals surface area contributed by atoms with Gasteiger partial charge in [-0.2, -0.15) is 5.10 Å². The molecule has 9 nitrogen and oxygen atoms in total. The van der Waals surface area contributed by atoms with Crippen LogP contribution in [0.1, 0.15) is 18.2 Å². The van der Waals surface area contributed by atoms with E-state index in [1.807, 2.05) is 6.92 Å². The molecule has 1 aliphatic heterocycles. The summed E-state index contributed by atoms with van der Waals surface area (Å²) < 4.78 is 22.6. The zero-order valence-corrected chi connectivity index (χ0v) is 16.2. The third kappa shape index (κ3) is 3.17. The van der Waals surface area contributed by atoms with Crippen LogP contribution in [-0.2, 0) is 0 Å². The first-order valence-corrected chi connectivity index (χ1v) is 9.26. The van der Waals surface area contributed by atoms with E-state index >= 15 is 4.39 Å². The first-order valence-electron chi connectivity index (χ1n) is 9.26. The maximum atomic E-state index is 15.1. The highest BCUT2D eigenvalue weighted by Gasteiger charge is 2.18. The highest BCUT2D eigenvalue weighted by molar-refractivity contribution is 5.92. The van der Waals surface area contributed by atoms with Gasteiger partial charge >= 0.3 is 0 Å². The van der Waals surface area contributed by atoms with E-state index < -0.39 is 5.82 Å². The molecule has 30 heavy (non-hydrogen) atoms. The first-order chi connectivity index (χ1) is 14.6. The Labute approximate surface area is 170 Å². The summed E-state index contributed by atoms with van der Waals surface area (Å²) in [7, 11) is 0. The maximum absolute atomic E-state index is 15.1. The number of nitrogens with zero attached hydrogens (tertiary/aromatic N) is 6. The van der Waals surface area contributed by atoms with Crippen molar-refractivity contribution in [3.8, 4) is 11.5 Å². The Morgan fingerprint density at radius 1 is 1.17 bits per heavy atom. The molecular formula is C20H17FN8O. The molecule has 1 unspecified atom stereocenters. The second-order valence-electron chi connectivity index (χ2n) is 6.78. The summed E-state index contributed by atoms with van der Waals surface area (Å²) in [6, 6.07) is 6.80. The van der Waals surface area contributed by atoms with E-state index in [0.717, 1.165) is 0 Å². The van der Waals surface area contributed by atoms with Crippen molar-refractivity contribution in [2.75, 3.05) is 10.6 Å². The number of rotatable bonds is 4. The molecule has 4 aromatic rings. The molecule has 0 bridgehead atoms. The smallest absolute Gasteiger partial charge is 0.158 e. The Morgan fingerprint density at radius 3 is 2.97 bits per heavy atom. The topological polar surface area (TPSA) is 102 Å². The third-order valence-electron chi connectivity index (χ3n) is 4.72. The second kappa shape index (κ2) is 7.07. The predicted octanol–water partition coefficient (Wildman–Crippen LogP) is 3.69. The summed E-state index contributed by atoms with van der Waals surface area (Å²) in [6.45, 7) is 3.57. The predicted molar refractivity (Wildman–Crippen MR) is 110 cm³/mol. The van der Waals surface area contributed by atoms with Gasteiger partial charge < -0.3 is 15.4 Å². The molecule has 1 aliphatic rings. The molecule has 0 radical (unpaired) electrons. The van der Waals surface area contributed by atoms with Crippen molar-refractivity contribution < 1.29 is 9.13 Å². The molecule has 0 amide bonds. The number of nitrogens with one attached hydrogen (secondary N) is 2. The highest BCUT2D eigenvalue weighted by Crippen LogP contribution is 2.34. The van der Waals surface area contributed by atoms with E-state index in [9.17, 15) is 0 Å². The summed E-state index contributed by atoms with van der Waals surface area (Å²) in [5, 5.41) is 10.3. The van der Waals surface area contributed by atoms with Gasteiger partial charge in [-0.05, 0) is 32.0 Å². The van der Waals surface area contributed by atoms with Crippen LogP contribution in [-0.4, -0.2) is 36.9 Å². The Morgan fingerprint density at radius 2 is 2.07 bits per heavy atom. The summed E-state index contributed by atoms with van der Waals surface area (Å²) in [5.41, 5.74) is 2.62. The van der Waals surface area contributed by atoms with Crippen molar-refractivity contribution in [1.82, 2.24) is 24.6 Å². The second-order valence-corrected chi connectivity index (χ2v) is 6.78. The average Bonchev–Trinajstić information content (AvgIpc) is 3.22. The van der Waals surface area contributed by atoms with E-state index in [1.165, 1.54) is 12.7 Å². The van der Waals surface area contributed by atoms with E-state index in [0.29, 0.717) is 39.9 Å². The lowest BCUT2D eigenvalue weighted by molar-refractivity contribution is 0.471. The van der Waals surface area contributed by atoms with Gasteiger partial charge in [-0.1, -0.05) is 0 Å². The molecule has 150 valence electrons. The van der Waals surface area contributed by atoms with Gasteiger partial charge in [0.2, 0.25) is 0 Å². The van der Waals surface area contributed by atoms with Crippen molar-refractivity contribution in [2.24, 2.45) is 4.99 Å². The van der Waals surface area contributed by atoms with Gasteiger partial charge in [0.15, 0.2) is 17.3 Å². The van der Waals surface area contributed by atoms with Gasteiger partial charge in [-0.15, -0.1) is 0 Å². The number of aliphatic imine (C=N–C) groups is 1. The van der Waals surface area contributed by atoms with Crippen molar-refractivity contribution >= 4 is 29.1 Å². The fourth-order valence-electron chi connectivity index (χ4n) is 3.15. The van der Waals surface area contributed by atoms with E-state index in [1.54, 1.807) is 48.1 Å². The number of fused-ring (bicyclic) bond motifs is 2. The molecule has 5 rings (SSSR count). The molecule has 0 spiro atoms. The number of anilines is 3. The first kappa shape index (κ1) is 18.0. The summed E-state index contributed by atoms with van der Waals surface area (Å²) in [4.78, 5) is 16.8. The van der Waals surface area contributed by atoms with Gasteiger partial charge in [0.05, 0.1) is 11.9 Å². The Bertz CT molecular complexity index is 1290. The van der Waals surface area contributed by atoms with E-state index in [-0.39, 0.29) is 11.9 Å². The van der Waals surface area contributed by atoms with Crippen LogP contribution in [0, 0.1) is 12.7 Å². The van der Waals surface area contributed by atoms with Crippen molar-refractivity contribution in [3.63, 3.8) is 0 Å². The summed E-state index contributed by atoms with van der Waals surface area (Å²) in [6.07, 6.45) is 6.16. The lowest BCUT2D eigenvalue weighted by Gasteiger charge is -2.21. The lowest BCUT2D eigenvalue weighted by atomic mass is 10.1. The Kier molecular flexibility index (Phi) is 4.24. The largest absolute Gasteiger partial charge is 0.457 e. The normalized spacial score (nSPS) is 15.0. The number of pyridine rings is 1. The highest BCUT2D eigenvalue weighted by atomic mass is 19.1. The van der Waals surface area contributed by atoms with Crippen LogP contribution >= 0.6 is 0 Å². The molecule has 0 saturated heterocycles. The van der Waals surface area contributed by atoms with Crippen LogP contribution in [0.25, 0.3) is 5.65 Å². The monoisotopic (exact) mass is 404 g/mol. The zero-order valence-electron chi connectivity index (χ0n) is 16.2. The van der Waals surface area contributed by atoms with Gasteiger partial charge in [-0.25, -0.2) is 23.9 Å². The quantitative estimate of drug-likeness (QED) is 0.535. The number of benzene rings is 1. The van der Waals surface area contributed by atoms with Crippen molar-refractivity contribution in [2.45, 2.75) is 20.0 Å². The number of hydrogen-bond donors (Lipinski definition) is 2. The molecule has 1 atom stereocenters. The third-order valence-corrected chi connectivity index (χ3v) is 4.72. The number of aromatic nitrogens is 5. The minimum atomic E-state index is -0.430. The maximum Gasteiger partial charge on any atom is 0.158 e. The fourth-order valence-corrected chi connectivity index (χ4v) is 3.15. The molecule has 1 aromatic carbocycles. The Balaban J connectivity index is 1.43. The van der Waals surface area contributed by atoms with E-state index in [4.69, 9.17) is 4.74 Å². The van der Waals surface area contributed by atoms with Crippen molar-refractivity contribution in [3.05, 3.63) is 60.2 Å². The number of halogens is 1. The van der Waals surface area contributed by atoms with Crippen LogP contribution < -0.4 is 15.4 Å². The van der Waals surface area contributed by atoms with Gasteiger partial charge in [0.1, 0.15) is 41.7 Å². The fraction of sp³-hybridized carbons (Fsp3) is 0.150. The standard InChI is InChI=1S/C20H17FN8O/c1-11-16(30-13-5-6-29-17(7-13)24-10-26-29)4-3-14(18(11)21)28-20-19-15(23-9-25-20)8-22-12(2)27-19/h3-10,12,27H,1-2H3,(H,23,25,28). The minimum absolute atomic E-state index is 0.117. The van der Waals surface area contributed by atoms with Crippen LogP contribution in [0.5, 0.6) is 11.5 Å². The molecule has 0 saturated carbocycles. The zero-order chi connectivity index (χ0) is 20.7. The molecule has 2 N–H and O–H groups in total. The molecule has 0 aliphatic carbocycles. The minimum Gasteiger partial charge on any atom is -0.457 e. The van der Waals surface area contributed by atoms with Crippen molar-refractivity contribution in [1.29, 1.82) is 0 Å². The molecular weight excluding hydrogens is 387 g/mol.